The molecule has 1 amide bonds. The molecule has 0 bridgehead atoms. The number of carbonyl (C=O) groups excluding carboxylic acids is 1. The van der Waals surface area contributed by atoms with E-state index < -0.39 is 9.84 Å². The van der Waals surface area contributed by atoms with Crippen LogP contribution < -0.4 is 4.74 Å². The van der Waals surface area contributed by atoms with Crippen molar-refractivity contribution in [2.24, 2.45) is 17.8 Å². The van der Waals surface area contributed by atoms with Gasteiger partial charge >= 0.3 is 6.09 Å². The summed E-state index contributed by atoms with van der Waals surface area (Å²) >= 11 is 0. The molecule has 3 aliphatic rings. The number of nitrogens with zero attached hydrogens (tertiary/aromatic N) is 2. The Hall–Kier alpha value is -1.83. The molecule has 1 aliphatic heterocycles. The number of ether oxygens (including phenoxy) is 2. The molecule has 2 heterocycles. The van der Waals surface area contributed by atoms with E-state index in [1.165, 1.54) is 24.9 Å². The van der Waals surface area contributed by atoms with Crippen LogP contribution in [-0.2, 0) is 14.6 Å². The van der Waals surface area contributed by atoms with E-state index in [4.69, 9.17) is 9.47 Å². The molecule has 0 radical (unpaired) electrons. The number of piperidine rings is 1. The van der Waals surface area contributed by atoms with Crippen LogP contribution in [0, 0.1) is 17.8 Å². The Morgan fingerprint density at radius 3 is 2.57 bits per heavy atom. The van der Waals surface area contributed by atoms with Crippen LogP contribution in [-0.4, -0.2) is 55.9 Å². The molecule has 0 spiro atoms. The molecule has 8 heteroatoms. The van der Waals surface area contributed by atoms with E-state index in [0.717, 1.165) is 57.5 Å². The zero-order valence-corrected chi connectivity index (χ0v) is 18.7. The molecule has 30 heavy (non-hydrogen) atoms. The van der Waals surface area contributed by atoms with Crippen LogP contribution >= 0.6 is 0 Å². The zero-order valence-electron chi connectivity index (χ0n) is 17.9. The quantitative estimate of drug-likeness (QED) is 0.648. The lowest BCUT2D eigenvalue weighted by Gasteiger charge is -2.40. The van der Waals surface area contributed by atoms with Crippen LogP contribution in [0.5, 0.6) is 5.88 Å². The third-order valence-corrected chi connectivity index (χ3v) is 8.10. The van der Waals surface area contributed by atoms with Gasteiger partial charge in [0.1, 0.15) is 5.60 Å². The van der Waals surface area contributed by atoms with Crippen molar-refractivity contribution in [2.45, 2.75) is 62.4 Å². The van der Waals surface area contributed by atoms with E-state index in [1.807, 2.05) is 11.8 Å². The summed E-state index contributed by atoms with van der Waals surface area (Å²) in [6, 6.07) is 3.14. The molecule has 2 unspecified atom stereocenters. The van der Waals surface area contributed by atoms with Gasteiger partial charge in [-0.05, 0) is 75.7 Å². The molecule has 4 rings (SSSR count). The first-order valence-corrected chi connectivity index (χ1v) is 12.9. The summed E-state index contributed by atoms with van der Waals surface area (Å²) in [5.74, 6) is 2.56. The summed E-state index contributed by atoms with van der Waals surface area (Å²) in [6.07, 6.45) is 9.83. The first kappa shape index (κ1) is 21.4. The van der Waals surface area contributed by atoms with Gasteiger partial charge in [-0.1, -0.05) is 0 Å². The maximum Gasteiger partial charge on any atom is 0.410 e. The summed E-state index contributed by atoms with van der Waals surface area (Å²) < 4.78 is 34.3. The predicted octanol–water partition coefficient (Wildman–Crippen LogP) is 3.68. The monoisotopic (exact) mass is 436 g/mol. The van der Waals surface area contributed by atoms with Gasteiger partial charge in [0.15, 0.2) is 9.84 Å². The van der Waals surface area contributed by atoms with E-state index in [0.29, 0.717) is 24.3 Å². The Bertz CT molecular complexity index is 858. The normalized spacial score (nSPS) is 26.0. The highest BCUT2D eigenvalue weighted by atomic mass is 32.2. The van der Waals surface area contributed by atoms with Gasteiger partial charge in [0, 0.05) is 31.6 Å². The fourth-order valence-corrected chi connectivity index (χ4v) is 5.29. The van der Waals surface area contributed by atoms with Crippen LogP contribution in [0.3, 0.4) is 0 Å². The number of pyridine rings is 1. The molecule has 2 aliphatic carbocycles. The largest absolute Gasteiger partial charge is 0.478 e. The van der Waals surface area contributed by atoms with E-state index >= 15 is 0 Å². The minimum atomic E-state index is -3.23. The number of carbonyl (C=O) groups is 1. The van der Waals surface area contributed by atoms with Gasteiger partial charge < -0.3 is 14.4 Å². The third-order valence-electron chi connectivity index (χ3n) is 7.00. The second kappa shape index (κ2) is 8.36. The second-order valence-corrected chi connectivity index (χ2v) is 11.4. The molecule has 1 saturated heterocycles. The number of sulfone groups is 1. The average Bonchev–Trinajstić information content (AvgIpc) is 3.46. The third kappa shape index (κ3) is 5.07. The molecule has 0 aromatic carbocycles. The minimum Gasteiger partial charge on any atom is -0.478 e. The highest BCUT2D eigenvalue weighted by Crippen LogP contribution is 2.49. The predicted molar refractivity (Wildman–Crippen MR) is 112 cm³/mol. The molecular weight excluding hydrogens is 404 g/mol. The molecule has 1 aromatic rings. The maximum absolute atomic E-state index is 12.4. The number of hydrogen-bond acceptors (Lipinski definition) is 6. The second-order valence-electron chi connectivity index (χ2n) is 9.40. The summed E-state index contributed by atoms with van der Waals surface area (Å²) in [5, 5.41) is 0. The van der Waals surface area contributed by atoms with Gasteiger partial charge in [0.2, 0.25) is 5.88 Å². The Morgan fingerprint density at radius 1 is 1.27 bits per heavy atom. The zero-order chi connectivity index (χ0) is 21.4. The highest BCUT2D eigenvalue weighted by Gasteiger charge is 2.44. The number of hydrogen-bond donors (Lipinski definition) is 0. The Kier molecular flexibility index (Phi) is 5.97. The Morgan fingerprint density at radius 2 is 2.00 bits per heavy atom. The van der Waals surface area contributed by atoms with Crippen LogP contribution in [0.15, 0.2) is 23.2 Å². The number of amides is 1. The standard InChI is InChI=1S/C22H32N2O5S/c1-22(9-3-10-22)29-21(25)24-11-6-16(7-12-24)19-14-17(19)8-13-28-20-5-4-18(15-23-20)30(2,26)27/h4-5,15-17,19H,3,6-14H2,1-2H3. The van der Waals surface area contributed by atoms with Gasteiger partial charge in [-0.15, -0.1) is 0 Å². The van der Waals surface area contributed by atoms with Crippen molar-refractivity contribution in [3.05, 3.63) is 18.3 Å². The van der Waals surface area contributed by atoms with Crippen molar-refractivity contribution >= 4 is 15.9 Å². The van der Waals surface area contributed by atoms with Crippen LogP contribution in [0.2, 0.25) is 0 Å². The lowest BCUT2D eigenvalue weighted by molar-refractivity contribution is -0.0508. The number of rotatable bonds is 7. The maximum atomic E-state index is 12.4. The molecule has 2 saturated carbocycles. The molecule has 3 fully saturated rings. The van der Waals surface area contributed by atoms with Gasteiger partial charge in [0.05, 0.1) is 11.5 Å². The van der Waals surface area contributed by atoms with Crippen LogP contribution in [0.25, 0.3) is 0 Å². The van der Waals surface area contributed by atoms with Crippen molar-refractivity contribution in [1.29, 1.82) is 0 Å². The fraction of sp³-hybridized carbons (Fsp3) is 0.727. The molecular formula is C22H32N2O5S. The summed E-state index contributed by atoms with van der Waals surface area (Å²) in [7, 11) is -3.23. The smallest absolute Gasteiger partial charge is 0.410 e. The fourth-order valence-electron chi connectivity index (χ4n) is 4.73. The topological polar surface area (TPSA) is 85.8 Å². The molecule has 0 N–H and O–H groups in total. The lowest BCUT2D eigenvalue weighted by atomic mass is 9.82. The van der Waals surface area contributed by atoms with Crippen molar-refractivity contribution in [1.82, 2.24) is 9.88 Å². The summed E-state index contributed by atoms with van der Waals surface area (Å²) in [5.41, 5.74) is -0.227. The number of likely N-dealkylation sites (tertiary alicyclic amines) is 1. The lowest BCUT2D eigenvalue weighted by Crippen LogP contribution is -2.46. The SMILES string of the molecule is CC1(OC(=O)N2CCC(C3CC3CCOc3ccc(S(C)(=O)=O)cn3)CC2)CCC1. The highest BCUT2D eigenvalue weighted by molar-refractivity contribution is 7.90. The summed E-state index contributed by atoms with van der Waals surface area (Å²) in [4.78, 5) is 18.5. The first-order chi connectivity index (χ1) is 14.2. The molecule has 7 nitrogen and oxygen atoms in total. The average molecular weight is 437 g/mol. The van der Waals surface area contributed by atoms with Gasteiger partial charge in [-0.25, -0.2) is 18.2 Å². The van der Waals surface area contributed by atoms with E-state index in [9.17, 15) is 13.2 Å². The molecule has 166 valence electrons. The van der Waals surface area contributed by atoms with Crippen LogP contribution in [0.4, 0.5) is 4.79 Å². The molecule has 2 atom stereocenters. The van der Waals surface area contributed by atoms with Gasteiger partial charge in [0.25, 0.3) is 0 Å². The van der Waals surface area contributed by atoms with E-state index in [1.54, 1.807) is 6.07 Å². The van der Waals surface area contributed by atoms with Crippen molar-refractivity contribution in [3.8, 4) is 5.88 Å². The van der Waals surface area contributed by atoms with E-state index in [-0.39, 0.29) is 16.6 Å². The van der Waals surface area contributed by atoms with Crippen LogP contribution in [0.1, 0.15) is 51.9 Å². The Labute approximate surface area is 179 Å². The minimum absolute atomic E-state index is 0.134. The molecule has 1 aromatic heterocycles. The van der Waals surface area contributed by atoms with E-state index in [2.05, 4.69) is 4.98 Å². The summed E-state index contributed by atoms with van der Waals surface area (Å²) in [6.45, 7) is 4.23. The van der Waals surface area contributed by atoms with Crippen molar-refractivity contribution < 1.29 is 22.7 Å². The first-order valence-electron chi connectivity index (χ1n) is 11.0. The van der Waals surface area contributed by atoms with Gasteiger partial charge in [-0.3, -0.25) is 0 Å². The number of aromatic nitrogens is 1. The van der Waals surface area contributed by atoms with Gasteiger partial charge in [-0.2, -0.15) is 0 Å². The Balaban J connectivity index is 1.14. The van der Waals surface area contributed by atoms with Crippen molar-refractivity contribution in [2.75, 3.05) is 26.0 Å². The van der Waals surface area contributed by atoms with Crippen molar-refractivity contribution in [3.63, 3.8) is 0 Å².